The summed E-state index contributed by atoms with van der Waals surface area (Å²) in [4.78, 5) is 15.4. The van der Waals surface area contributed by atoms with Crippen molar-refractivity contribution < 1.29 is 0 Å². The summed E-state index contributed by atoms with van der Waals surface area (Å²) in [6.45, 7) is 0.745. The summed E-state index contributed by atoms with van der Waals surface area (Å²) < 4.78 is 1.53. The highest BCUT2D eigenvalue weighted by Crippen LogP contribution is 2.27. The zero-order valence-electron chi connectivity index (χ0n) is 13.9. The smallest absolute Gasteiger partial charge is 0.158 e. The first kappa shape index (κ1) is 15.1. The molecule has 6 heteroatoms. The molecule has 0 aliphatic rings. The van der Waals surface area contributed by atoms with Crippen LogP contribution in [0.1, 0.15) is 5.56 Å². The standard InChI is InChI=1S/C19H18N6/c1-24(13-14-4-3-9-21-12-14)18-6-2-5-17(23-18)15-7-10-22-19-16(15)8-11-25(19)20/h2-12H,13,20H2,1H3. The molecule has 124 valence electrons. The van der Waals surface area contributed by atoms with Crippen LogP contribution < -0.4 is 10.7 Å². The van der Waals surface area contributed by atoms with Crippen molar-refractivity contribution in [3.63, 3.8) is 0 Å². The van der Waals surface area contributed by atoms with E-state index in [1.807, 2.05) is 49.6 Å². The molecule has 4 heterocycles. The number of aromatic nitrogens is 4. The van der Waals surface area contributed by atoms with Crippen LogP contribution >= 0.6 is 0 Å². The van der Waals surface area contributed by atoms with Gasteiger partial charge in [-0.05, 0) is 35.9 Å². The number of nitrogens with two attached hydrogens (primary N) is 1. The number of fused-ring (bicyclic) bond motifs is 1. The van der Waals surface area contributed by atoms with Gasteiger partial charge in [0.05, 0.1) is 5.69 Å². The monoisotopic (exact) mass is 330 g/mol. The van der Waals surface area contributed by atoms with Crippen molar-refractivity contribution >= 4 is 16.9 Å². The van der Waals surface area contributed by atoms with Gasteiger partial charge in [0.2, 0.25) is 0 Å². The Balaban J connectivity index is 1.69. The summed E-state index contributed by atoms with van der Waals surface area (Å²) in [5.74, 6) is 6.81. The van der Waals surface area contributed by atoms with Crippen LogP contribution in [0.4, 0.5) is 5.82 Å². The first-order valence-electron chi connectivity index (χ1n) is 8.01. The van der Waals surface area contributed by atoms with E-state index in [0.717, 1.165) is 40.2 Å². The van der Waals surface area contributed by atoms with Crippen LogP contribution in [-0.2, 0) is 6.54 Å². The van der Waals surface area contributed by atoms with E-state index >= 15 is 0 Å². The van der Waals surface area contributed by atoms with Gasteiger partial charge in [0.1, 0.15) is 5.82 Å². The van der Waals surface area contributed by atoms with Crippen LogP contribution in [0.25, 0.3) is 22.3 Å². The Labute approximate surface area is 145 Å². The minimum atomic E-state index is 0.744. The van der Waals surface area contributed by atoms with Crippen LogP contribution in [0.3, 0.4) is 0 Å². The molecule has 0 amide bonds. The number of nitrogen functional groups attached to an aromatic ring is 1. The molecule has 0 bridgehead atoms. The molecule has 0 unspecified atom stereocenters. The molecule has 0 aliphatic heterocycles. The van der Waals surface area contributed by atoms with E-state index in [4.69, 9.17) is 10.8 Å². The second-order valence-corrected chi connectivity index (χ2v) is 5.92. The molecule has 0 atom stereocenters. The largest absolute Gasteiger partial charge is 0.355 e. The van der Waals surface area contributed by atoms with Gasteiger partial charge in [-0.2, -0.15) is 0 Å². The molecule has 0 aliphatic carbocycles. The molecule has 4 aromatic heterocycles. The van der Waals surface area contributed by atoms with Gasteiger partial charge in [-0.15, -0.1) is 0 Å². The minimum absolute atomic E-state index is 0.744. The van der Waals surface area contributed by atoms with E-state index in [0.29, 0.717) is 0 Å². The van der Waals surface area contributed by atoms with Gasteiger partial charge >= 0.3 is 0 Å². The van der Waals surface area contributed by atoms with E-state index in [1.165, 1.54) is 4.68 Å². The van der Waals surface area contributed by atoms with Gasteiger partial charge in [-0.1, -0.05) is 12.1 Å². The lowest BCUT2D eigenvalue weighted by Gasteiger charge is -2.19. The van der Waals surface area contributed by atoms with E-state index in [1.54, 1.807) is 18.6 Å². The zero-order chi connectivity index (χ0) is 17.2. The maximum absolute atomic E-state index is 5.91. The second-order valence-electron chi connectivity index (χ2n) is 5.92. The van der Waals surface area contributed by atoms with Gasteiger partial charge in [0.25, 0.3) is 0 Å². The third kappa shape index (κ3) is 2.89. The van der Waals surface area contributed by atoms with Crippen molar-refractivity contribution in [3.05, 3.63) is 72.8 Å². The highest BCUT2D eigenvalue weighted by Gasteiger charge is 2.11. The van der Waals surface area contributed by atoms with E-state index in [2.05, 4.69) is 20.9 Å². The molecule has 4 rings (SSSR count). The van der Waals surface area contributed by atoms with Crippen LogP contribution in [-0.4, -0.2) is 26.7 Å². The van der Waals surface area contributed by atoms with Crippen molar-refractivity contribution in [2.45, 2.75) is 6.54 Å². The topological polar surface area (TPSA) is 72.9 Å². The van der Waals surface area contributed by atoms with Crippen molar-refractivity contribution in [1.82, 2.24) is 19.6 Å². The van der Waals surface area contributed by atoms with Crippen molar-refractivity contribution in [1.29, 1.82) is 0 Å². The molecule has 0 saturated heterocycles. The van der Waals surface area contributed by atoms with Crippen LogP contribution in [0, 0.1) is 0 Å². The molecular weight excluding hydrogens is 312 g/mol. The zero-order valence-corrected chi connectivity index (χ0v) is 13.9. The molecule has 0 saturated carbocycles. The van der Waals surface area contributed by atoms with Crippen LogP contribution in [0.2, 0.25) is 0 Å². The van der Waals surface area contributed by atoms with E-state index in [-0.39, 0.29) is 0 Å². The lowest BCUT2D eigenvalue weighted by molar-refractivity contribution is 0.893. The van der Waals surface area contributed by atoms with Crippen molar-refractivity contribution in [3.8, 4) is 11.3 Å². The molecule has 4 aromatic rings. The fourth-order valence-corrected chi connectivity index (χ4v) is 2.91. The van der Waals surface area contributed by atoms with Gasteiger partial charge in [-0.25, -0.2) is 9.97 Å². The molecule has 0 radical (unpaired) electrons. The maximum Gasteiger partial charge on any atom is 0.158 e. The highest BCUT2D eigenvalue weighted by molar-refractivity contribution is 5.92. The Kier molecular flexibility index (Phi) is 3.78. The predicted molar refractivity (Wildman–Crippen MR) is 99.5 cm³/mol. The molecule has 0 spiro atoms. The number of nitrogens with zero attached hydrogens (tertiary/aromatic N) is 5. The molecule has 0 aromatic carbocycles. The van der Waals surface area contributed by atoms with Gasteiger partial charge in [0, 0.05) is 49.3 Å². The third-order valence-corrected chi connectivity index (χ3v) is 4.16. The Hall–Kier alpha value is -3.41. The lowest BCUT2D eigenvalue weighted by Crippen LogP contribution is -2.17. The number of anilines is 1. The van der Waals surface area contributed by atoms with Crippen molar-refractivity contribution in [2.75, 3.05) is 17.8 Å². The van der Waals surface area contributed by atoms with Crippen LogP contribution in [0.5, 0.6) is 0 Å². The Morgan fingerprint density at radius 2 is 2.00 bits per heavy atom. The lowest BCUT2D eigenvalue weighted by atomic mass is 10.1. The summed E-state index contributed by atoms with van der Waals surface area (Å²) in [6.07, 6.45) is 7.21. The molecule has 6 nitrogen and oxygen atoms in total. The van der Waals surface area contributed by atoms with Gasteiger partial charge in [0.15, 0.2) is 5.65 Å². The summed E-state index contributed by atoms with van der Waals surface area (Å²) in [6, 6.07) is 14.0. The average Bonchev–Trinajstić information content (AvgIpc) is 3.04. The number of pyridine rings is 3. The first-order chi connectivity index (χ1) is 12.2. The first-order valence-corrected chi connectivity index (χ1v) is 8.01. The van der Waals surface area contributed by atoms with Gasteiger partial charge in [-0.3, -0.25) is 9.66 Å². The second kappa shape index (κ2) is 6.24. The molecule has 25 heavy (non-hydrogen) atoms. The fourth-order valence-electron chi connectivity index (χ4n) is 2.91. The van der Waals surface area contributed by atoms with E-state index in [9.17, 15) is 0 Å². The fraction of sp³-hybridized carbons (Fsp3) is 0.105. The van der Waals surface area contributed by atoms with Crippen LogP contribution in [0.15, 0.2) is 67.3 Å². The number of hydrogen-bond acceptors (Lipinski definition) is 5. The van der Waals surface area contributed by atoms with Crippen molar-refractivity contribution in [2.24, 2.45) is 0 Å². The maximum atomic E-state index is 5.91. The minimum Gasteiger partial charge on any atom is -0.355 e. The Morgan fingerprint density at radius 3 is 2.84 bits per heavy atom. The number of hydrogen-bond donors (Lipinski definition) is 1. The summed E-state index contributed by atoms with van der Waals surface area (Å²) in [5, 5.41) is 0.990. The summed E-state index contributed by atoms with van der Waals surface area (Å²) in [7, 11) is 2.03. The Bertz CT molecular complexity index is 1010. The highest BCUT2D eigenvalue weighted by atomic mass is 15.3. The quantitative estimate of drug-likeness (QED) is 0.583. The molecule has 2 N–H and O–H groups in total. The molecular formula is C19H18N6. The van der Waals surface area contributed by atoms with E-state index < -0.39 is 0 Å². The Morgan fingerprint density at radius 1 is 1.08 bits per heavy atom. The SMILES string of the molecule is CN(Cc1cccnc1)c1cccc(-c2ccnc3c2ccn3N)n1. The summed E-state index contributed by atoms with van der Waals surface area (Å²) >= 11 is 0. The number of rotatable bonds is 4. The predicted octanol–water partition coefficient (Wildman–Crippen LogP) is 2.84. The molecule has 0 fully saturated rings. The average molecular weight is 330 g/mol. The normalized spacial score (nSPS) is 10.9. The third-order valence-electron chi connectivity index (χ3n) is 4.16. The summed E-state index contributed by atoms with van der Waals surface area (Å²) in [5.41, 5.74) is 3.80. The van der Waals surface area contributed by atoms with Gasteiger partial charge < -0.3 is 10.7 Å².